The molecule has 3 unspecified atom stereocenters. The molecule has 2 fully saturated rings. The summed E-state index contributed by atoms with van der Waals surface area (Å²) in [5, 5.41) is 9.93. The van der Waals surface area contributed by atoms with Crippen molar-refractivity contribution in [2.24, 2.45) is 10.8 Å². The summed E-state index contributed by atoms with van der Waals surface area (Å²) in [6.07, 6.45) is 5.67. The minimum Gasteiger partial charge on any atom is -0.393 e. The number of aliphatic hydroxyl groups is 1. The lowest BCUT2D eigenvalue weighted by atomic mass is 9.71. The van der Waals surface area contributed by atoms with Gasteiger partial charge in [-0.2, -0.15) is 0 Å². The van der Waals surface area contributed by atoms with Crippen molar-refractivity contribution in [2.75, 3.05) is 13.1 Å². The standard InChI is InChI=1S/C15H29NO/c1-5-15(4)8-9-16(11-15)13-10-12(17)6-7-14(13,2)3/h12-13,17H,5-11H2,1-4H3. The third kappa shape index (κ3) is 2.68. The van der Waals surface area contributed by atoms with E-state index in [1.54, 1.807) is 0 Å². The van der Waals surface area contributed by atoms with E-state index in [9.17, 15) is 5.11 Å². The van der Waals surface area contributed by atoms with Gasteiger partial charge in [0.15, 0.2) is 0 Å². The van der Waals surface area contributed by atoms with E-state index < -0.39 is 0 Å². The first-order valence-corrected chi connectivity index (χ1v) is 7.28. The SMILES string of the molecule is CCC1(C)CCN(C2CC(O)CCC2(C)C)C1. The molecule has 2 nitrogen and oxygen atoms in total. The Kier molecular flexibility index (Phi) is 3.57. The minimum absolute atomic E-state index is 0.0680. The van der Waals surface area contributed by atoms with Crippen molar-refractivity contribution in [1.29, 1.82) is 0 Å². The van der Waals surface area contributed by atoms with E-state index in [1.807, 2.05) is 0 Å². The molecule has 0 aromatic rings. The molecule has 2 aliphatic rings. The van der Waals surface area contributed by atoms with Crippen molar-refractivity contribution in [3.8, 4) is 0 Å². The van der Waals surface area contributed by atoms with Gasteiger partial charge in [0.05, 0.1) is 6.10 Å². The van der Waals surface area contributed by atoms with Crippen molar-refractivity contribution in [3.05, 3.63) is 0 Å². The van der Waals surface area contributed by atoms with Crippen LogP contribution in [0, 0.1) is 10.8 Å². The minimum atomic E-state index is -0.0680. The van der Waals surface area contributed by atoms with Crippen LogP contribution in [0.15, 0.2) is 0 Å². The van der Waals surface area contributed by atoms with Gasteiger partial charge in [0.2, 0.25) is 0 Å². The molecule has 0 radical (unpaired) electrons. The molecular weight excluding hydrogens is 210 g/mol. The fraction of sp³-hybridized carbons (Fsp3) is 1.00. The van der Waals surface area contributed by atoms with Crippen molar-refractivity contribution in [3.63, 3.8) is 0 Å². The van der Waals surface area contributed by atoms with E-state index in [0.29, 0.717) is 16.9 Å². The summed E-state index contributed by atoms with van der Waals surface area (Å²) in [6, 6.07) is 0.583. The Labute approximate surface area is 106 Å². The van der Waals surface area contributed by atoms with Gasteiger partial charge in [-0.05, 0) is 49.5 Å². The second-order valence-electron chi connectivity index (χ2n) is 7.32. The quantitative estimate of drug-likeness (QED) is 0.800. The maximum absolute atomic E-state index is 9.93. The zero-order chi connectivity index (χ0) is 12.7. The predicted octanol–water partition coefficient (Wildman–Crippen LogP) is 3.05. The Morgan fingerprint density at radius 3 is 2.53 bits per heavy atom. The lowest BCUT2D eigenvalue weighted by molar-refractivity contribution is -0.00601. The van der Waals surface area contributed by atoms with Gasteiger partial charge in [-0.25, -0.2) is 0 Å². The largest absolute Gasteiger partial charge is 0.393 e. The van der Waals surface area contributed by atoms with Crippen molar-refractivity contribution < 1.29 is 5.11 Å². The summed E-state index contributed by atoms with van der Waals surface area (Å²) in [4.78, 5) is 2.66. The van der Waals surface area contributed by atoms with Gasteiger partial charge in [0.1, 0.15) is 0 Å². The highest BCUT2D eigenvalue weighted by atomic mass is 16.3. The van der Waals surface area contributed by atoms with E-state index in [0.717, 1.165) is 19.3 Å². The van der Waals surface area contributed by atoms with Crippen molar-refractivity contribution in [1.82, 2.24) is 4.90 Å². The Hall–Kier alpha value is -0.0800. The Morgan fingerprint density at radius 2 is 1.94 bits per heavy atom. The monoisotopic (exact) mass is 239 g/mol. The van der Waals surface area contributed by atoms with Crippen LogP contribution in [0.4, 0.5) is 0 Å². The summed E-state index contributed by atoms with van der Waals surface area (Å²) in [5.41, 5.74) is 0.886. The average Bonchev–Trinajstić information content (AvgIpc) is 2.65. The highest BCUT2D eigenvalue weighted by molar-refractivity contribution is 4.97. The van der Waals surface area contributed by atoms with Crippen LogP contribution in [0.2, 0.25) is 0 Å². The van der Waals surface area contributed by atoms with E-state index in [2.05, 4.69) is 32.6 Å². The van der Waals surface area contributed by atoms with Gasteiger partial charge < -0.3 is 5.11 Å². The number of aliphatic hydroxyl groups excluding tert-OH is 1. The molecule has 1 saturated heterocycles. The van der Waals surface area contributed by atoms with E-state index in [4.69, 9.17) is 0 Å². The molecular formula is C15H29NO. The first kappa shape index (κ1) is 13.4. The number of nitrogens with zero attached hydrogens (tertiary/aromatic N) is 1. The smallest absolute Gasteiger partial charge is 0.0555 e. The molecule has 1 saturated carbocycles. The highest BCUT2D eigenvalue weighted by Crippen LogP contribution is 2.43. The number of hydrogen-bond acceptors (Lipinski definition) is 2. The zero-order valence-electron chi connectivity index (χ0n) is 12.0. The number of likely N-dealkylation sites (tertiary alicyclic amines) is 1. The van der Waals surface area contributed by atoms with Crippen molar-refractivity contribution >= 4 is 0 Å². The first-order valence-electron chi connectivity index (χ1n) is 7.28. The van der Waals surface area contributed by atoms with Gasteiger partial charge in [0.25, 0.3) is 0 Å². The summed E-state index contributed by atoms with van der Waals surface area (Å²) in [6.45, 7) is 11.9. The molecule has 17 heavy (non-hydrogen) atoms. The summed E-state index contributed by atoms with van der Waals surface area (Å²) >= 11 is 0. The van der Waals surface area contributed by atoms with E-state index in [1.165, 1.54) is 25.9 Å². The van der Waals surface area contributed by atoms with Crippen LogP contribution in [-0.4, -0.2) is 35.2 Å². The Bertz CT molecular complexity index is 276. The average molecular weight is 239 g/mol. The fourth-order valence-corrected chi connectivity index (χ4v) is 3.66. The zero-order valence-corrected chi connectivity index (χ0v) is 12.0. The molecule has 3 atom stereocenters. The van der Waals surface area contributed by atoms with Gasteiger partial charge in [-0.15, -0.1) is 0 Å². The maximum atomic E-state index is 9.93. The van der Waals surface area contributed by atoms with Gasteiger partial charge >= 0.3 is 0 Å². The van der Waals surface area contributed by atoms with Crippen LogP contribution in [0.1, 0.15) is 59.8 Å². The third-order valence-electron chi connectivity index (χ3n) is 5.40. The molecule has 0 spiro atoms. The highest BCUT2D eigenvalue weighted by Gasteiger charge is 2.43. The molecule has 2 rings (SSSR count). The van der Waals surface area contributed by atoms with Crippen LogP contribution >= 0.6 is 0 Å². The lowest BCUT2D eigenvalue weighted by Crippen LogP contribution is -2.49. The fourth-order valence-electron chi connectivity index (χ4n) is 3.66. The lowest BCUT2D eigenvalue weighted by Gasteiger charge is -2.46. The molecule has 0 bridgehead atoms. The molecule has 100 valence electrons. The van der Waals surface area contributed by atoms with Gasteiger partial charge in [-0.1, -0.05) is 27.7 Å². The second kappa shape index (κ2) is 4.55. The number of hydrogen-bond donors (Lipinski definition) is 1. The molecule has 1 N–H and O–H groups in total. The topological polar surface area (TPSA) is 23.5 Å². The molecule has 1 heterocycles. The van der Waals surface area contributed by atoms with Crippen LogP contribution in [-0.2, 0) is 0 Å². The normalized spacial score (nSPS) is 42.9. The van der Waals surface area contributed by atoms with Crippen LogP contribution < -0.4 is 0 Å². The Balaban J connectivity index is 2.06. The molecule has 0 amide bonds. The first-order chi connectivity index (χ1) is 7.86. The van der Waals surface area contributed by atoms with Gasteiger partial charge in [0, 0.05) is 12.6 Å². The second-order valence-corrected chi connectivity index (χ2v) is 7.32. The molecule has 2 heteroatoms. The predicted molar refractivity (Wildman–Crippen MR) is 72.0 cm³/mol. The Morgan fingerprint density at radius 1 is 1.24 bits per heavy atom. The maximum Gasteiger partial charge on any atom is 0.0555 e. The summed E-state index contributed by atoms with van der Waals surface area (Å²) in [5.74, 6) is 0. The molecule has 0 aromatic carbocycles. The van der Waals surface area contributed by atoms with Crippen LogP contribution in [0.3, 0.4) is 0 Å². The van der Waals surface area contributed by atoms with Crippen LogP contribution in [0.25, 0.3) is 0 Å². The molecule has 0 aromatic heterocycles. The third-order valence-corrected chi connectivity index (χ3v) is 5.40. The van der Waals surface area contributed by atoms with Crippen LogP contribution in [0.5, 0.6) is 0 Å². The van der Waals surface area contributed by atoms with Gasteiger partial charge in [-0.3, -0.25) is 4.90 Å². The summed E-state index contributed by atoms with van der Waals surface area (Å²) < 4.78 is 0. The summed E-state index contributed by atoms with van der Waals surface area (Å²) in [7, 11) is 0. The number of rotatable bonds is 2. The molecule has 1 aliphatic carbocycles. The van der Waals surface area contributed by atoms with Crippen molar-refractivity contribution in [2.45, 2.75) is 71.9 Å². The molecule has 1 aliphatic heterocycles. The van der Waals surface area contributed by atoms with E-state index >= 15 is 0 Å². The van der Waals surface area contributed by atoms with E-state index in [-0.39, 0.29) is 6.10 Å².